The van der Waals surface area contributed by atoms with E-state index < -0.39 is 25.9 Å². The Morgan fingerprint density at radius 3 is 1.96 bits per heavy atom. The van der Waals surface area contributed by atoms with Gasteiger partial charge in [0.2, 0.25) is 0 Å². The molecule has 0 aromatic heterocycles. The summed E-state index contributed by atoms with van der Waals surface area (Å²) in [6, 6.07) is 6.95. The van der Waals surface area contributed by atoms with E-state index in [1.165, 1.54) is 0 Å². The molecule has 7 nitrogen and oxygen atoms in total. The molecule has 1 N–H and O–H groups in total. The van der Waals surface area contributed by atoms with Crippen LogP contribution < -0.4 is 10.8 Å². The number of hydrogen-bond donors (Lipinski definition) is 1. The number of hydrogen-bond acceptors (Lipinski definition) is 6. The van der Waals surface area contributed by atoms with Crippen LogP contribution in [0.15, 0.2) is 24.3 Å². The van der Waals surface area contributed by atoms with Crippen LogP contribution in [0.5, 0.6) is 0 Å². The first kappa shape index (κ1) is 22.1. The minimum absolute atomic E-state index is 0.174. The fourth-order valence-electron chi connectivity index (χ4n) is 2.56. The minimum atomic E-state index is -3.32. The number of benzene rings is 1. The van der Waals surface area contributed by atoms with Crippen molar-refractivity contribution in [2.24, 2.45) is 0 Å². The molecule has 150 valence electrons. The van der Waals surface area contributed by atoms with Crippen LogP contribution in [-0.4, -0.2) is 43.7 Å². The normalized spacial score (nSPS) is 18.5. The molecule has 2 rings (SSSR count). The molecule has 1 amide bonds. The Morgan fingerprint density at radius 1 is 1.04 bits per heavy atom. The van der Waals surface area contributed by atoms with Crippen molar-refractivity contribution < 1.29 is 27.7 Å². The summed E-state index contributed by atoms with van der Waals surface area (Å²) in [4.78, 5) is 12.3. The van der Waals surface area contributed by atoms with E-state index in [0.29, 0.717) is 5.56 Å². The number of nitrogens with one attached hydrogen (secondary N) is 1. The maximum Gasteiger partial charge on any atom is 0.494 e. The first-order valence-corrected chi connectivity index (χ1v) is 10.9. The van der Waals surface area contributed by atoms with Crippen molar-refractivity contribution >= 4 is 26.1 Å². The lowest BCUT2D eigenvalue weighted by Crippen LogP contribution is -2.41. The summed E-state index contributed by atoms with van der Waals surface area (Å²) < 4.78 is 34.7. The van der Waals surface area contributed by atoms with E-state index in [-0.39, 0.29) is 25.4 Å². The number of carbonyl (C=O) groups is 1. The summed E-state index contributed by atoms with van der Waals surface area (Å²) in [6.07, 6.45) is -0.174. The van der Waals surface area contributed by atoms with Gasteiger partial charge in [0.05, 0.1) is 24.4 Å². The van der Waals surface area contributed by atoms with Gasteiger partial charge in [-0.05, 0) is 59.1 Å². The summed E-state index contributed by atoms with van der Waals surface area (Å²) in [7, 11) is -3.80. The number of amides is 1. The molecule has 0 spiro atoms. The molecule has 0 saturated carbocycles. The molecule has 0 atom stereocenters. The molecule has 0 unspecified atom stereocenters. The molecule has 0 aliphatic carbocycles. The van der Waals surface area contributed by atoms with Crippen molar-refractivity contribution in [1.29, 1.82) is 0 Å². The number of rotatable bonds is 8. The predicted molar refractivity (Wildman–Crippen MR) is 105 cm³/mol. The third kappa shape index (κ3) is 5.21. The fraction of sp³-hybridized carbons (Fsp3) is 0.611. The third-order valence-corrected chi connectivity index (χ3v) is 6.63. The minimum Gasteiger partial charge on any atom is -0.399 e. The van der Waals surface area contributed by atoms with Gasteiger partial charge < -0.3 is 23.7 Å². The maximum absolute atomic E-state index is 12.4. The zero-order chi connectivity index (χ0) is 20.3. The lowest BCUT2D eigenvalue weighted by Gasteiger charge is -2.32. The van der Waals surface area contributed by atoms with Gasteiger partial charge in [-0.2, -0.15) is 0 Å². The van der Waals surface area contributed by atoms with Crippen LogP contribution in [0, 0.1) is 0 Å². The third-order valence-electron chi connectivity index (χ3n) is 4.78. The van der Waals surface area contributed by atoms with E-state index in [1.54, 1.807) is 38.1 Å². The van der Waals surface area contributed by atoms with Crippen molar-refractivity contribution in [3.63, 3.8) is 0 Å². The highest BCUT2D eigenvalue weighted by molar-refractivity contribution is 7.53. The molecule has 1 saturated heterocycles. The van der Waals surface area contributed by atoms with Gasteiger partial charge in [0.15, 0.2) is 0 Å². The topological polar surface area (TPSA) is 83.1 Å². The molecule has 0 radical (unpaired) electrons. The summed E-state index contributed by atoms with van der Waals surface area (Å²) in [5.74, 6) is -0.352. The Hall–Kier alpha value is -1.18. The van der Waals surface area contributed by atoms with Gasteiger partial charge in [-0.15, -0.1) is 0 Å². The Kier molecular flexibility index (Phi) is 6.93. The van der Waals surface area contributed by atoms with E-state index in [4.69, 9.17) is 18.4 Å². The highest BCUT2D eigenvalue weighted by atomic mass is 31.2. The first-order valence-electron chi connectivity index (χ1n) is 9.15. The second-order valence-corrected chi connectivity index (χ2v) is 9.38. The van der Waals surface area contributed by atoms with Gasteiger partial charge in [-0.3, -0.25) is 9.36 Å². The summed E-state index contributed by atoms with van der Waals surface area (Å²) in [5.41, 5.74) is 0.426. The smallest absolute Gasteiger partial charge is 0.399 e. The number of carbonyl (C=O) groups excluding carboxylic acids is 1. The van der Waals surface area contributed by atoms with E-state index in [9.17, 15) is 9.36 Å². The molecule has 1 aliphatic heterocycles. The predicted octanol–water partition coefficient (Wildman–Crippen LogP) is 2.94. The lowest BCUT2D eigenvalue weighted by molar-refractivity contribution is 0.00578. The fourth-order valence-corrected chi connectivity index (χ4v) is 3.94. The second-order valence-electron chi connectivity index (χ2n) is 7.32. The van der Waals surface area contributed by atoms with Crippen LogP contribution in [0.3, 0.4) is 0 Å². The van der Waals surface area contributed by atoms with Gasteiger partial charge in [0.25, 0.3) is 5.91 Å². The maximum atomic E-state index is 12.4. The molecule has 9 heteroatoms. The Morgan fingerprint density at radius 2 is 1.52 bits per heavy atom. The summed E-state index contributed by atoms with van der Waals surface area (Å²) in [5, 5.41) is 2.61. The highest BCUT2D eigenvalue weighted by Crippen LogP contribution is 2.46. The Balaban J connectivity index is 2.01. The highest BCUT2D eigenvalue weighted by Gasteiger charge is 2.51. The van der Waals surface area contributed by atoms with Gasteiger partial charge in [-0.25, -0.2) is 0 Å². The molecular formula is C18H29BNO6P. The van der Waals surface area contributed by atoms with Crippen molar-refractivity contribution in [3.05, 3.63) is 29.8 Å². The summed E-state index contributed by atoms with van der Waals surface area (Å²) >= 11 is 0. The quantitative estimate of drug-likeness (QED) is 0.537. The molecule has 1 aromatic carbocycles. The largest absolute Gasteiger partial charge is 0.494 e. The van der Waals surface area contributed by atoms with E-state index in [2.05, 4.69) is 5.32 Å². The van der Waals surface area contributed by atoms with Gasteiger partial charge in [0.1, 0.15) is 6.29 Å². The summed E-state index contributed by atoms with van der Waals surface area (Å²) in [6.45, 7) is 11.9. The average molecular weight is 397 g/mol. The monoisotopic (exact) mass is 397 g/mol. The van der Waals surface area contributed by atoms with Crippen LogP contribution in [0.4, 0.5) is 0 Å². The molecule has 27 heavy (non-hydrogen) atoms. The molecule has 1 heterocycles. The van der Waals surface area contributed by atoms with Crippen molar-refractivity contribution in [1.82, 2.24) is 5.32 Å². The second kappa shape index (κ2) is 8.45. The van der Waals surface area contributed by atoms with Crippen molar-refractivity contribution in [2.45, 2.75) is 52.7 Å². The standard InChI is InChI=1S/C18H29BNO6P/c1-7-23-27(22,24-8-2)13-20-16(21)14-9-11-15(12-10-14)19-25-17(3,4)18(5,6)26-19/h9-12H,7-8,13H2,1-6H3,(H,20,21). The van der Waals surface area contributed by atoms with E-state index in [1.807, 2.05) is 27.7 Å². The van der Waals surface area contributed by atoms with E-state index in [0.717, 1.165) is 5.46 Å². The van der Waals surface area contributed by atoms with Gasteiger partial charge in [0, 0.05) is 5.56 Å². The van der Waals surface area contributed by atoms with Crippen LogP contribution in [0.1, 0.15) is 51.9 Å². The van der Waals surface area contributed by atoms with Crippen LogP contribution >= 0.6 is 7.60 Å². The zero-order valence-electron chi connectivity index (χ0n) is 16.9. The molecule has 1 fully saturated rings. The Bertz CT molecular complexity index is 680. The molecule has 1 aliphatic rings. The first-order chi connectivity index (χ1) is 12.5. The lowest BCUT2D eigenvalue weighted by atomic mass is 9.79. The average Bonchev–Trinajstić information content (AvgIpc) is 2.81. The van der Waals surface area contributed by atoms with Crippen LogP contribution in [-0.2, 0) is 22.9 Å². The molecular weight excluding hydrogens is 368 g/mol. The SMILES string of the molecule is CCOP(=O)(CNC(=O)c1ccc(B2OC(C)(C)C(C)(C)O2)cc1)OCC. The van der Waals surface area contributed by atoms with Crippen LogP contribution in [0.2, 0.25) is 0 Å². The Labute approximate surface area is 161 Å². The van der Waals surface area contributed by atoms with Gasteiger partial charge >= 0.3 is 14.7 Å². The zero-order valence-corrected chi connectivity index (χ0v) is 17.8. The van der Waals surface area contributed by atoms with Gasteiger partial charge in [-0.1, -0.05) is 12.1 Å². The van der Waals surface area contributed by atoms with Crippen LogP contribution in [0.25, 0.3) is 0 Å². The van der Waals surface area contributed by atoms with Crippen molar-refractivity contribution in [3.8, 4) is 0 Å². The molecule has 0 bridgehead atoms. The van der Waals surface area contributed by atoms with E-state index >= 15 is 0 Å². The van der Waals surface area contributed by atoms with Crippen molar-refractivity contribution in [2.75, 3.05) is 19.5 Å². The molecule has 1 aromatic rings.